The zero-order chi connectivity index (χ0) is 20.8. The van der Waals surface area contributed by atoms with Crippen molar-refractivity contribution in [3.8, 4) is 5.75 Å². The maximum absolute atomic E-state index is 11.4. The molecular formula is C21H36IN3O3S. The minimum absolute atomic E-state index is 0. The van der Waals surface area contributed by atoms with Crippen LogP contribution in [0, 0.1) is 18.3 Å². The van der Waals surface area contributed by atoms with Crippen molar-refractivity contribution in [1.29, 1.82) is 0 Å². The van der Waals surface area contributed by atoms with Gasteiger partial charge in [0.2, 0.25) is 0 Å². The van der Waals surface area contributed by atoms with E-state index in [1.807, 2.05) is 0 Å². The van der Waals surface area contributed by atoms with Crippen molar-refractivity contribution < 1.29 is 13.2 Å². The molecule has 1 aliphatic rings. The van der Waals surface area contributed by atoms with Gasteiger partial charge in [0.15, 0.2) is 5.96 Å². The van der Waals surface area contributed by atoms with Crippen molar-refractivity contribution in [1.82, 2.24) is 10.6 Å². The quantitative estimate of drug-likeness (QED) is 0.271. The fraction of sp³-hybridized carbons (Fsp3) is 0.667. The normalized spacial score (nSPS) is 14.9. The Morgan fingerprint density at radius 3 is 2.55 bits per heavy atom. The largest absolute Gasteiger partial charge is 0.493 e. The number of aryl methyl sites for hydroxylation is 1. The summed E-state index contributed by atoms with van der Waals surface area (Å²) < 4.78 is 28.9. The molecule has 2 N–H and O–H groups in total. The van der Waals surface area contributed by atoms with Gasteiger partial charge >= 0.3 is 0 Å². The molecule has 0 unspecified atom stereocenters. The monoisotopic (exact) mass is 537 g/mol. The Morgan fingerprint density at radius 2 is 1.97 bits per heavy atom. The third kappa shape index (κ3) is 10.5. The van der Waals surface area contributed by atoms with Crippen LogP contribution in [0.3, 0.4) is 0 Å². The van der Waals surface area contributed by atoms with Gasteiger partial charge in [-0.2, -0.15) is 0 Å². The van der Waals surface area contributed by atoms with Crippen LogP contribution < -0.4 is 15.4 Å². The highest BCUT2D eigenvalue weighted by atomic mass is 127. The molecule has 1 aromatic carbocycles. The molecule has 0 heterocycles. The Kier molecular flexibility index (Phi) is 10.2. The van der Waals surface area contributed by atoms with Crippen LogP contribution in [-0.4, -0.2) is 46.6 Å². The Hall–Kier alpha value is -1.03. The minimum atomic E-state index is -2.95. The molecule has 1 aliphatic carbocycles. The van der Waals surface area contributed by atoms with Crippen LogP contribution in [0.1, 0.15) is 44.2 Å². The Labute approximate surface area is 193 Å². The molecule has 0 atom stereocenters. The van der Waals surface area contributed by atoms with E-state index in [1.165, 1.54) is 24.7 Å². The van der Waals surface area contributed by atoms with Crippen LogP contribution >= 0.6 is 24.0 Å². The van der Waals surface area contributed by atoms with E-state index >= 15 is 0 Å². The van der Waals surface area contributed by atoms with Gasteiger partial charge in [-0.1, -0.05) is 26.0 Å². The number of guanidine groups is 1. The predicted molar refractivity (Wildman–Crippen MR) is 131 cm³/mol. The van der Waals surface area contributed by atoms with Crippen LogP contribution in [0.2, 0.25) is 0 Å². The van der Waals surface area contributed by atoms with Crippen molar-refractivity contribution in [2.75, 3.05) is 32.2 Å². The van der Waals surface area contributed by atoms with Crippen molar-refractivity contribution >= 4 is 39.8 Å². The molecule has 6 nitrogen and oxygen atoms in total. The van der Waals surface area contributed by atoms with Gasteiger partial charge in [-0.3, -0.25) is 4.99 Å². The second kappa shape index (κ2) is 11.4. The summed E-state index contributed by atoms with van der Waals surface area (Å²) in [5, 5.41) is 6.64. The highest BCUT2D eigenvalue weighted by Crippen LogP contribution is 2.30. The van der Waals surface area contributed by atoms with Crippen molar-refractivity contribution in [2.24, 2.45) is 16.3 Å². The lowest BCUT2D eigenvalue weighted by Crippen LogP contribution is -2.42. The molecule has 166 valence electrons. The molecule has 0 spiro atoms. The molecule has 0 amide bonds. The molecule has 2 rings (SSSR count). The average Bonchev–Trinajstić information content (AvgIpc) is 3.43. The van der Waals surface area contributed by atoms with Gasteiger partial charge in [0.25, 0.3) is 0 Å². The van der Waals surface area contributed by atoms with Crippen LogP contribution in [0.15, 0.2) is 23.2 Å². The Balaban J connectivity index is 0.00000420. The van der Waals surface area contributed by atoms with Gasteiger partial charge in [-0.25, -0.2) is 8.42 Å². The van der Waals surface area contributed by atoms with Gasteiger partial charge in [0.1, 0.15) is 15.6 Å². The lowest BCUT2D eigenvalue weighted by atomic mass is 9.90. The van der Waals surface area contributed by atoms with Crippen molar-refractivity contribution in [2.45, 2.75) is 46.6 Å². The molecule has 8 heteroatoms. The molecule has 0 aliphatic heterocycles. The molecule has 1 saturated carbocycles. The predicted octanol–water partition coefficient (Wildman–Crippen LogP) is 3.53. The summed E-state index contributed by atoms with van der Waals surface area (Å²) in [6, 6.07) is 6.27. The zero-order valence-electron chi connectivity index (χ0n) is 18.2. The summed E-state index contributed by atoms with van der Waals surface area (Å²) in [6.45, 7) is 8.23. The van der Waals surface area contributed by atoms with E-state index in [0.717, 1.165) is 17.9 Å². The molecule has 0 bridgehead atoms. The number of sulfone groups is 1. The van der Waals surface area contributed by atoms with Crippen LogP contribution in [0.5, 0.6) is 5.75 Å². The smallest absolute Gasteiger partial charge is 0.191 e. The fourth-order valence-corrected chi connectivity index (χ4v) is 3.63. The zero-order valence-corrected chi connectivity index (χ0v) is 21.4. The maximum atomic E-state index is 11.4. The van der Waals surface area contributed by atoms with E-state index in [0.29, 0.717) is 31.4 Å². The maximum Gasteiger partial charge on any atom is 0.191 e. The van der Waals surface area contributed by atoms with Gasteiger partial charge in [-0.15, -0.1) is 24.0 Å². The number of nitrogens with zero attached hydrogens (tertiary/aromatic N) is 1. The Bertz CT molecular complexity index is 790. The van der Waals surface area contributed by atoms with Crippen LogP contribution in [0.25, 0.3) is 0 Å². The summed E-state index contributed by atoms with van der Waals surface area (Å²) >= 11 is 0. The van der Waals surface area contributed by atoms with Crippen molar-refractivity contribution in [3.05, 3.63) is 29.3 Å². The molecule has 0 radical (unpaired) electrons. The lowest BCUT2D eigenvalue weighted by molar-refractivity contribution is 0.296. The molecule has 0 aromatic heterocycles. The summed E-state index contributed by atoms with van der Waals surface area (Å²) in [7, 11) is -1.22. The van der Waals surface area contributed by atoms with Gasteiger partial charge in [-0.05, 0) is 49.1 Å². The second-order valence-electron chi connectivity index (χ2n) is 8.69. The number of aliphatic imine (C=N–C) groups is 1. The van der Waals surface area contributed by atoms with E-state index in [-0.39, 0.29) is 35.1 Å². The third-order valence-electron chi connectivity index (χ3n) is 4.95. The second-order valence-corrected chi connectivity index (χ2v) is 10.9. The van der Waals surface area contributed by atoms with Crippen molar-refractivity contribution in [3.63, 3.8) is 0 Å². The standard InChI is InChI=1S/C21H35N3O3S.HI/c1-16-6-9-18(19(12-16)27-14-17-7-8-17)13-23-20(22-4)24-15-21(2,3)10-11-28(5,25)26;/h6,9,12,17H,7-8,10-11,13-15H2,1-5H3,(H2,22,23,24);1H. The molecule has 1 fully saturated rings. The van der Waals surface area contributed by atoms with Crippen LogP contribution in [0.4, 0.5) is 0 Å². The van der Waals surface area contributed by atoms with E-state index in [4.69, 9.17) is 4.74 Å². The highest BCUT2D eigenvalue weighted by molar-refractivity contribution is 14.0. The first kappa shape index (κ1) is 26.0. The number of ether oxygens (including phenoxy) is 1. The van der Waals surface area contributed by atoms with E-state index in [1.54, 1.807) is 7.05 Å². The average molecular weight is 538 g/mol. The first-order chi connectivity index (χ1) is 13.1. The number of hydrogen-bond donors (Lipinski definition) is 2. The summed E-state index contributed by atoms with van der Waals surface area (Å²) in [4.78, 5) is 4.28. The number of nitrogens with one attached hydrogen (secondary N) is 2. The van der Waals surface area contributed by atoms with E-state index in [2.05, 4.69) is 54.6 Å². The molecule has 0 saturated heterocycles. The summed E-state index contributed by atoms with van der Waals surface area (Å²) in [5.74, 6) is 2.54. The number of halogens is 1. The van der Waals surface area contributed by atoms with Gasteiger partial charge < -0.3 is 15.4 Å². The number of hydrogen-bond acceptors (Lipinski definition) is 4. The number of benzene rings is 1. The lowest BCUT2D eigenvalue weighted by Gasteiger charge is -2.26. The summed E-state index contributed by atoms with van der Waals surface area (Å²) in [6.07, 6.45) is 4.42. The topological polar surface area (TPSA) is 79.8 Å². The number of rotatable bonds is 10. The van der Waals surface area contributed by atoms with E-state index in [9.17, 15) is 8.42 Å². The first-order valence-electron chi connectivity index (χ1n) is 9.92. The highest BCUT2D eigenvalue weighted by Gasteiger charge is 2.23. The van der Waals surface area contributed by atoms with E-state index < -0.39 is 9.84 Å². The SMILES string of the molecule is CN=C(NCc1ccc(C)cc1OCC1CC1)NCC(C)(C)CCS(C)(=O)=O.I. The fourth-order valence-electron chi connectivity index (χ4n) is 2.71. The molecule has 29 heavy (non-hydrogen) atoms. The summed E-state index contributed by atoms with van der Waals surface area (Å²) in [5.41, 5.74) is 2.14. The molecular weight excluding hydrogens is 501 g/mol. The first-order valence-corrected chi connectivity index (χ1v) is 12.0. The minimum Gasteiger partial charge on any atom is -0.493 e. The van der Waals surface area contributed by atoms with Gasteiger partial charge in [0.05, 0.1) is 12.4 Å². The Morgan fingerprint density at radius 1 is 1.28 bits per heavy atom. The van der Waals surface area contributed by atoms with Gasteiger partial charge in [0, 0.05) is 32.0 Å². The van der Waals surface area contributed by atoms with Crippen LogP contribution in [-0.2, 0) is 16.4 Å². The molecule has 1 aromatic rings. The third-order valence-corrected chi connectivity index (χ3v) is 5.89.